The summed E-state index contributed by atoms with van der Waals surface area (Å²) in [6.45, 7) is 6.38. The number of hydrogen-bond donors (Lipinski definition) is 1. The lowest BCUT2D eigenvalue weighted by Crippen LogP contribution is -2.51. The second-order valence-corrected chi connectivity index (χ2v) is 8.75. The highest BCUT2D eigenvalue weighted by Gasteiger charge is 2.30. The summed E-state index contributed by atoms with van der Waals surface area (Å²) in [4.78, 5) is 28.2. The first-order valence-electron chi connectivity index (χ1n) is 11.7. The number of carbonyl (C=O) groups is 2. The molecule has 0 aliphatic carbocycles. The number of likely N-dealkylation sites (N-methyl/N-ethyl adjacent to an activating group) is 1. The zero-order valence-electron chi connectivity index (χ0n) is 20.5. The first-order chi connectivity index (χ1) is 16.4. The van der Waals surface area contributed by atoms with Crippen LogP contribution in [-0.2, 0) is 22.6 Å². The van der Waals surface area contributed by atoms with Crippen molar-refractivity contribution < 1.29 is 14.3 Å². The fraction of sp³-hybridized carbons (Fsp3) is 0.310. The van der Waals surface area contributed by atoms with Gasteiger partial charge in [-0.25, -0.2) is 0 Å². The van der Waals surface area contributed by atoms with Crippen LogP contribution in [0, 0.1) is 6.92 Å². The van der Waals surface area contributed by atoms with Gasteiger partial charge in [-0.05, 0) is 41.2 Å². The van der Waals surface area contributed by atoms with Gasteiger partial charge in [0.05, 0.1) is 0 Å². The van der Waals surface area contributed by atoms with E-state index in [1.54, 1.807) is 11.9 Å². The minimum atomic E-state index is -0.663. The second kappa shape index (κ2) is 12.0. The van der Waals surface area contributed by atoms with Crippen molar-refractivity contribution in [2.45, 2.75) is 45.7 Å². The van der Waals surface area contributed by atoms with Crippen LogP contribution in [0.2, 0.25) is 0 Å². The molecule has 0 aliphatic rings. The highest BCUT2D eigenvalue weighted by atomic mass is 16.5. The molecule has 0 saturated heterocycles. The molecule has 5 heteroatoms. The van der Waals surface area contributed by atoms with Crippen molar-refractivity contribution in [1.29, 1.82) is 0 Å². The molecule has 0 fully saturated rings. The van der Waals surface area contributed by atoms with Gasteiger partial charge in [0.2, 0.25) is 5.91 Å². The summed E-state index contributed by atoms with van der Waals surface area (Å²) in [6.07, 6.45) is 0.417. The van der Waals surface area contributed by atoms with Crippen LogP contribution in [0.25, 0.3) is 0 Å². The molecule has 1 N–H and O–H groups in total. The molecular formula is C29H34N2O3. The third kappa shape index (κ3) is 6.47. The van der Waals surface area contributed by atoms with Crippen molar-refractivity contribution in [2.75, 3.05) is 13.7 Å². The predicted molar refractivity (Wildman–Crippen MR) is 136 cm³/mol. The van der Waals surface area contributed by atoms with Gasteiger partial charge < -0.3 is 15.0 Å². The fourth-order valence-corrected chi connectivity index (χ4v) is 4.00. The zero-order valence-corrected chi connectivity index (χ0v) is 20.5. The van der Waals surface area contributed by atoms with Gasteiger partial charge in [-0.2, -0.15) is 0 Å². The Morgan fingerprint density at radius 3 is 2.24 bits per heavy atom. The van der Waals surface area contributed by atoms with Gasteiger partial charge in [0.15, 0.2) is 6.61 Å². The number of carbonyl (C=O) groups excluding carboxylic acids is 2. The van der Waals surface area contributed by atoms with Crippen LogP contribution in [0.5, 0.6) is 5.75 Å². The van der Waals surface area contributed by atoms with E-state index < -0.39 is 6.04 Å². The number of nitrogens with one attached hydrogen (secondary N) is 1. The van der Waals surface area contributed by atoms with Gasteiger partial charge in [-0.1, -0.05) is 86.6 Å². The van der Waals surface area contributed by atoms with Crippen molar-refractivity contribution in [3.05, 3.63) is 101 Å². The molecule has 3 aromatic carbocycles. The number of ether oxygens (including phenoxy) is 1. The second-order valence-electron chi connectivity index (χ2n) is 8.75. The molecule has 0 spiro atoms. The van der Waals surface area contributed by atoms with E-state index in [0.717, 1.165) is 22.3 Å². The largest absolute Gasteiger partial charge is 0.483 e. The molecule has 0 aromatic heterocycles. The smallest absolute Gasteiger partial charge is 0.261 e. The number of hydrogen-bond acceptors (Lipinski definition) is 3. The predicted octanol–water partition coefficient (Wildman–Crippen LogP) is 4.88. The SMILES string of the molecule is CNC(=O)[C@H](Cc1ccccc1)N(Cc1ccccc1C)C(=O)COc1ccccc1C(C)C. The minimum Gasteiger partial charge on any atom is -0.483 e. The van der Waals surface area contributed by atoms with E-state index in [2.05, 4.69) is 19.2 Å². The molecule has 1 atom stereocenters. The summed E-state index contributed by atoms with van der Waals surface area (Å²) in [5.41, 5.74) is 4.11. The van der Waals surface area contributed by atoms with Gasteiger partial charge in [0, 0.05) is 20.0 Å². The summed E-state index contributed by atoms with van der Waals surface area (Å²) < 4.78 is 6.00. The fourth-order valence-electron chi connectivity index (χ4n) is 4.00. The standard InChI is InChI=1S/C29H34N2O3/c1-21(2)25-16-10-11-17-27(25)34-20-28(32)31(19-24-15-9-8-12-22(24)3)26(29(33)30-4)18-23-13-6-5-7-14-23/h5-17,21,26H,18-20H2,1-4H3,(H,30,33)/t26-/m0/s1. The number of rotatable bonds is 10. The summed E-state index contributed by atoms with van der Waals surface area (Å²) in [5, 5.41) is 2.75. The Balaban J connectivity index is 1.90. The van der Waals surface area contributed by atoms with Crippen LogP contribution in [0.4, 0.5) is 0 Å². The van der Waals surface area contributed by atoms with E-state index in [1.165, 1.54) is 0 Å². The average Bonchev–Trinajstić information content (AvgIpc) is 2.86. The highest BCUT2D eigenvalue weighted by molar-refractivity contribution is 5.88. The quantitative estimate of drug-likeness (QED) is 0.471. The Morgan fingerprint density at radius 1 is 0.912 bits per heavy atom. The summed E-state index contributed by atoms with van der Waals surface area (Å²) in [5.74, 6) is 0.534. The maximum absolute atomic E-state index is 13.6. The van der Waals surface area contributed by atoms with Crippen LogP contribution in [0.1, 0.15) is 42.0 Å². The van der Waals surface area contributed by atoms with E-state index >= 15 is 0 Å². The van der Waals surface area contributed by atoms with E-state index in [1.807, 2.05) is 85.8 Å². The van der Waals surface area contributed by atoms with Crippen molar-refractivity contribution in [2.24, 2.45) is 0 Å². The van der Waals surface area contributed by atoms with Crippen LogP contribution in [0.15, 0.2) is 78.9 Å². The molecule has 34 heavy (non-hydrogen) atoms. The molecule has 2 amide bonds. The van der Waals surface area contributed by atoms with Gasteiger partial charge in [0.1, 0.15) is 11.8 Å². The average molecular weight is 459 g/mol. The molecular weight excluding hydrogens is 424 g/mol. The van der Waals surface area contributed by atoms with Crippen LogP contribution in [0.3, 0.4) is 0 Å². The number of aryl methyl sites for hydroxylation is 1. The van der Waals surface area contributed by atoms with Gasteiger partial charge in [-0.15, -0.1) is 0 Å². The molecule has 0 unspecified atom stereocenters. The summed E-state index contributed by atoms with van der Waals surface area (Å²) in [7, 11) is 1.60. The molecule has 0 bridgehead atoms. The Morgan fingerprint density at radius 2 is 1.56 bits per heavy atom. The monoisotopic (exact) mass is 458 g/mol. The van der Waals surface area contributed by atoms with Crippen LogP contribution >= 0.6 is 0 Å². The summed E-state index contributed by atoms with van der Waals surface area (Å²) >= 11 is 0. The third-order valence-electron chi connectivity index (χ3n) is 6.01. The number of benzene rings is 3. The molecule has 178 valence electrons. The van der Waals surface area contributed by atoms with Crippen LogP contribution < -0.4 is 10.1 Å². The molecule has 5 nitrogen and oxygen atoms in total. The molecule has 3 rings (SSSR count). The van der Waals surface area contributed by atoms with Gasteiger partial charge in [0.25, 0.3) is 5.91 Å². The maximum atomic E-state index is 13.6. The van der Waals surface area contributed by atoms with Crippen molar-refractivity contribution >= 4 is 11.8 Å². The molecule has 0 saturated carbocycles. The van der Waals surface area contributed by atoms with Crippen molar-refractivity contribution in [3.63, 3.8) is 0 Å². The lowest BCUT2D eigenvalue weighted by atomic mass is 10.0. The Hall–Kier alpha value is -3.60. The van der Waals surface area contributed by atoms with E-state index in [4.69, 9.17) is 4.74 Å². The Bertz CT molecular complexity index is 1100. The van der Waals surface area contributed by atoms with Crippen LogP contribution in [-0.4, -0.2) is 36.4 Å². The maximum Gasteiger partial charge on any atom is 0.261 e. The lowest BCUT2D eigenvalue weighted by molar-refractivity contribution is -0.142. The van der Waals surface area contributed by atoms with E-state index in [0.29, 0.717) is 18.7 Å². The van der Waals surface area contributed by atoms with Crippen molar-refractivity contribution in [3.8, 4) is 5.75 Å². The Labute approximate surface area is 202 Å². The molecule has 0 aliphatic heterocycles. The minimum absolute atomic E-state index is 0.141. The number of nitrogens with zero attached hydrogens (tertiary/aromatic N) is 1. The van der Waals surface area contributed by atoms with Gasteiger partial charge in [-0.3, -0.25) is 9.59 Å². The Kier molecular flexibility index (Phi) is 8.86. The van der Waals surface area contributed by atoms with Gasteiger partial charge >= 0.3 is 0 Å². The normalized spacial score (nSPS) is 11.7. The first kappa shape index (κ1) is 25.0. The van der Waals surface area contributed by atoms with E-state index in [-0.39, 0.29) is 24.3 Å². The van der Waals surface area contributed by atoms with E-state index in [9.17, 15) is 9.59 Å². The number of para-hydroxylation sites is 1. The van der Waals surface area contributed by atoms with Crippen molar-refractivity contribution in [1.82, 2.24) is 10.2 Å². The highest BCUT2D eigenvalue weighted by Crippen LogP contribution is 2.26. The zero-order chi connectivity index (χ0) is 24.5. The molecule has 3 aromatic rings. The summed E-state index contributed by atoms with van der Waals surface area (Å²) in [6, 6.07) is 24.8. The lowest BCUT2D eigenvalue weighted by Gasteiger charge is -2.31. The molecule has 0 radical (unpaired) electrons. The number of amides is 2. The third-order valence-corrected chi connectivity index (χ3v) is 6.01. The topological polar surface area (TPSA) is 58.6 Å². The molecule has 0 heterocycles. The first-order valence-corrected chi connectivity index (χ1v) is 11.7.